The van der Waals surface area contributed by atoms with Gasteiger partial charge in [-0.3, -0.25) is 0 Å². The van der Waals surface area contributed by atoms with Crippen LogP contribution in [0.4, 0.5) is 0 Å². The number of ether oxygens (including phenoxy) is 2. The van der Waals surface area contributed by atoms with Gasteiger partial charge in [0.05, 0.1) is 6.61 Å². The van der Waals surface area contributed by atoms with Gasteiger partial charge in [-0.25, -0.2) is 0 Å². The van der Waals surface area contributed by atoms with E-state index in [2.05, 4.69) is 37.4 Å². The summed E-state index contributed by atoms with van der Waals surface area (Å²) in [5.74, 6) is 0.977. The number of aryl methyl sites for hydroxylation is 1. The van der Waals surface area contributed by atoms with E-state index in [1.165, 1.54) is 36.8 Å². The Morgan fingerprint density at radius 3 is 2.86 bits per heavy atom. The van der Waals surface area contributed by atoms with Crippen LogP contribution in [-0.2, 0) is 11.2 Å². The molecule has 1 aliphatic rings. The van der Waals surface area contributed by atoms with E-state index in [9.17, 15) is 0 Å². The molecule has 2 rings (SSSR count). The molecule has 0 saturated carbocycles. The van der Waals surface area contributed by atoms with Gasteiger partial charge in [0.2, 0.25) is 0 Å². The summed E-state index contributed by atoms with van der Waals surface area (Å²) in [6.45, 7) is 7.55. The molecule has 1 atom stereocenters. The molecule has 3 heteroatoms. The highest BCUT2D eigenvalue weighted by atomic mass is 16.5. The van der Waals surface area contributed by atoms with Gasteiger partial charge in [0.1, 0.15) is 12.4 Å². The van der Waals surface area contributed by atoms with Crippen LogP contribution in [0.3, 0.4) is 0 Å². The summed E-state index contributed by atoms with van der Waals surface area (Å²) in [4.78, 5) is 0. The Hall–Kier alpha value is -1.06. The fourth-order valence-corrected chi connectivity index (χ4v) is 2.88. The molecule has 0 aliphatic heterocycles. The van der Waals surface area contributed by atoms with Gasteiger partial charge in [0.25, 0.3) is 0 Å². The lowest BCUT2D eigenvalue weighted by Gasteiger charge is -2.27. The second kappa shape index (κ2) is 9.06. The molecule has 3 nitrogen and oxygen atoms in total. The number of fused-ring (bicyclic) bond motifs is 1. The highest BCUT2D eigenvalue weighted by molar-refractivity contribution is 5.39. The van der Waals surface area contributed by atoms with Crippen molar-refractivity contribution in [2.45, 2.75) is 52.0 Å². The van der Waals surface area contributed by atoms with Gasteiger partial charge in [-0.2, -0.15) is 0 Å². The van der Waals surface area contributed by atoms with Gasteiger partial charge in [-0.05, 0) is 61.9 Å². The van der Waals surface area contributed by atoms with Crippen molar-refractivity contribution in [3.63, 3.8) is 0 Å². The third-order valence-corrected chi connectivity index (χ3v) is 3.91. The fourth-order valence-electron chi connectivity index (χ4n) is 2.88. The zero-order chi connectivity index (χ0) is 14.9. The Morgan fingerprint density at radius 2 is 2.05 bits per heavy atom. The van der Waals surface area contributed by atoms with Gasteiger partial charge in [0, 0.05) is 12.6 Å². The molecule has 118 valence electrons. The van der Waals surface area contributed by atoms with Gasteiger partial charge in [0.15, 0.2) is 0 Å². The topological polar surface area (TPSA) is 30.5 Å². The Kier molecular flexibility index (Phi) is 7.04. The van der Waals surface area contributed by atoms with Crippen LogP contribution in [-0.4, -0.2) is 26.4 Å². The summed E-state index contributed by atoms with van der Waals surface area (Å²) < 4.78 is 11.2. The van der Waals surface area contributed by atoms with Gasteiger partial charge >= 0.3 is 0 Å². The average Bonchev–Trinajstić information content (AvgIpc) is 2.52. The summed E-state index contributed by atoms with van der Waals surface area (Å²) in [5.41, 5.74) is 2.91. The van der Waals surface area contributed by atoms with E-state index in [0.29, 0.717) is 19.3 Å². The SMILES string of the molecule is CCCNC1CCCc2cc(OCCOCCC)ccc21. The van der Waals surface area contributed by atoms with Crippen LogP contribution in [0, 0.1) is 0 Å². The molecule has 21 heavy (non-hydrogen) atoms. The smallest absolute Gasteiger partial charge is 0.119 e. The molecule has 0 saturated heterocycles. The van der Waals surface area contributed by atoms with Crippen molar-refractivity contribution in [2.75, 3.05) is 26.4 Å². The third kappa shape index (κ3) is 5.01. The Bertz CT molecular complexity index is 420. The first kappa shape index (κ1) is 16.3. The van der Waals surface area contributed by atoms with Crippen molar-refractivity contribution in [3.8, 4) is 5.75 Å². The maximum absolute atomic E-state index is 5.79. The standard InChI is InChI=1S/C18H29NO2/c1-3-10-19-18-7-5-6-15-14-16(8-9-17(15)18)21-13-12-20-11-4-2/h8-9,14,18-19H,3-7,10-13H2,1-2H3. The number of rotatable bonds is 9. The highest BCUT2D eigenvalue weighted by Crippen LogP contribution is 2.32. The molecule has 1 aliphatic carbocycles. The summed E-state index contributed by atoms with van der Waals surface area (Å²) in [5, 5.41) is 3.65. The lowest BCUT2D eigenvalue weighted by molar-refractivity contribution is 0.101. The summed E-state index contributed by atoms with van der Waals surface area (Å²) in [6, 6.07) is 7.08. The first-order chi connectivity index (χ1) is 10.3. The zero-order valence-corrected chi connectivity index (χ0v) is 13.5. The second-order valence-corrected chi connectivity index (χ2v) is 5.72. The highest BCUT2D eigenvalue weighted by Gasteiger charge is 2.19. The molecule has 0 bridgehead atoms. The van der Waals surface area contributed by atoms with Gasteiger partial charge in [-0.1, -0.05) is 19.9 Å². The van der Waals surface area contributed by atoms with Gasteiger partial charge in [-0.15, -0.1) is 0 Å². The number of nitrogens with one attached hydrogen (secondary N) is 1. The van der Waals surface area contributed by atoms with E-state index >= 15 is 0 Å². The number of benzene rings is 1. The normalized spacial score (nSPS) is 17.5. The van der Waals surface area contributed by atoms with E-state index in [0.717, 1.165) is 25.3 Å². The predicted octanol–water partition coefficient (Wildman–Crippen LogP) is 3.87. The minimum atomic E-state index is 0.524. The van der Waals surface area contributed by atoms with E-state index in [1.54, 1.807) is 0 Å². The zero-order valence-electron chi connectivity index (χ0n) is 13.5. The molecule has 1 aromatic carbocycles. The fraction of sp³-hybridized carbons (Fsp3) is 0.667. The molecular weight excluding hydrogens is 262 g/mol. The average molecular weight is 291 g/mol. The molecular formula is C18H29NO2. The van der Waals surface area contributed by atoms with Crippen LogP contribution in [0.15, 0.2) is 18.2 Å². The van der Waals surface area contributed by atoms with Crippen molar-refractivity contribution < 1.29 is 9.47 Å². The molecule has 0 radical (unpaired) electrons. The first-order valence-corrected chi connectivity index (χ1v) is 8.42. The van der Waals surface area contributed by atoms with Gasteiger partial charge < -0.3 is 14.8 Å². The molecule has 0 fully saturated rings. The quantitative estimate of drug-likeness (QED) is 0.701. The van der Waals surface area contributed by atoms with E-state index < -0.39 is 0 Å². The van der Waals surface area contributed by atoms with E-state index in [4.69, 9.17) is 9.47 Å². The first-order valence-electron chi connectivity index (χ1n) is 8.42. The Labute approximate surface area is 129 Å². The number of hydrogen-bond acceptors (Lipinski definition) is 3. The largest absolute Gasteiger partial charge is 0.491 e. The molecule has 1 N–H and O–H groups in total. The summed E-state index contributed by atoms with van der Waals surface area (Å²) >= 11 is 0. The van der Waals surface area contributed by atoms with E-state index in [1.807, 2.05) is 0 Å². The van der Waals surface area contributed by atoms with Crippen molar-refractivity contribution in [3.05, 3.63) is 29.3 Å². The minimum absolute atomic E-state index is 0.524. The maximum atomic E-state index is 5.79. The monoisotopic (exact) mass is 291 g/mol. The lowest BCUT2D eigenvalue weighted by atomic mass is 9.87. The molecule has 1 unspecified atom stereocenters. The molecule has 0 amide bonds. The van der Waals surface area contributed by atoms with Crippen LogP contribution < -0.4 is 10.1 Å². The van der Waals surface area contributed by atoms with E-state index in [-0.39, 0.29) is 0 Å². The lowest BCUT2D eigenvalue weighted by Crippen LogP contribution is -2.25. The molecule has 1 aromatic rings. The van der Waals surface area contributed by atoms with Crippen LogP contribution in [0.1, 0.15) is 56.7 Å². The predicted molar refractivity (Wildman–Crippen MR) is 87.0 cm³/mol. The van der Waals surface area contributed by atoms with Crippen LogP contribution in [0.2, 0.25) is 0 Å². The van der Waals surface area contributed by atoms with Crippen molar-refractivity contribution in [2.24, 2.45) is 0 Å². The summed E-state index contributed by atoms with van der Waals surface area (Å²) in [6.07, 6.45) is 5.93. The van der Waals surface area contributed by atoms with Crippen LogP contribution in [0.25, 0.3) is 0 Å². The Balaban J connectivity index is 1.89. The second-order valence-electron chi connectivity index (χ2n) is 5.72. The third-order valence-electron chi connectivity index (χ3n) is 3.91. The minimum Gasteiger partial charge on any atom is -0.491 e. The van der Waals surface area contributed by atoms with Crippen LogP contribution in [0.5, 0.6) is 5.75 Å². The molecule has 0 heterocycles. The Morgan fingerprint density at radius 1 is 1.14 bits per heavy atom. The summed E-state index contributed by atoms with van der Waals surface area (Å²) in [7, 11) is 0. The molecule has 0 aromatic heterocycles. The van der Waals surface area contributed by atoms with Crippen LogP contribution >= 0.6 is 0 Å². The molecule has 0 spiro atoms. The van der Waals surface area contributed by atoms with Crippen molar-refractivity contribution in [1.82, 2.24) is 5.32 Å². The van der Waals surface area contributed by atoms with Crippen molar-refractivity contribution >= 4 is 0 Å². The van der Waals surface area contributed by atoms with Crippen molar-refractivity contribution in [1.29, 1.82) is 0 Å². The maximum Gasteiger partial charge on any atom is 0.119 e. The number of hydrogen-bond donors (Lipinski definition) is 1.